The number of hydrogen-bond acceptors (Lipinski definition) is 4. The average Bonchev–Trinajstić information content (AvgIpc) is 2.11. The van der Waals surface area contributed by atoms with Crippen LogP contribution < -0.4 is 0 Å². The zero-order chi connectivity index (χ0) is 12.8. The van der Waals surface area contributed by atoms with Gasteiger partial charge in [0.25, 0.3) is 0 Å². The second-order valence-electron chi connectivity index (χ2n) is 4.25. The topological polar surface area (TPSA) is 60.4 Å². The highest BCUT2D eigenvalue weighted by atomic mass is 32.2. The van der Waals surface area contributed by atoms with E-state index in [-0.39, 0.29) is 18.3 Å². The lowest BCUT2D eigenvalue weighted by Gasteiger charge is -2.16. The van der Waals surface area contributed by atoms with Crippen molar-refractivity contribution in [3.63, 3.8) is 0 Å². The van der Waals surface area contributed by atoms with E-state index in [0.29, 0.717) is 12.8 Å². The molecule has 0 spiro atoms. The van der Waals surface area contributed by atoms with Crippen LogP contribution in [0.3, 0.4) is 0 Å². The third-order valence-corrected chi connectivity index (χ3v) is 4.53. The fraction of sp³-hybridized carbons (Fsp3) is 0.909. The van der Waals surface area contributed by atoms with Crippen LogP contribution in [0.5, 0.6) is 0 Å². The highest BCUT2D eigenvalue weighted by Gasteiger charge is 2.33. The van der Waals surface area contributed by atoms with E-state index in [2.05, 4.69) is 0 Å². The molecule has 0 aromatic carbocycles. The van der Waals surface area contributed by atoms with Gasteiger partial charge < -0.3 is 4.74 Å². The molecule has 0 rings (SSSR count). The second kappa shape index (κ2) is 6.89. The summed E-state index contributed by atoms with van der Waals surface area (Å²) >= 11 is 0. The molecular formula is C11H22O4S. The summed E-state index contributed by atoms with van der Waals surface area (Å²) in [5.74, 6) is -0.542. The maximum atomic E-state index is 11.9. The minimum absolute atomic E-state index is 0.0267. The number of esters is 1. The summed E-state index contributed by atoms with van der Waals surface area (Å²) in [5, 5.41) is -0.986. The zero-order valence-corrected chi connectivity index (χ0v) is 11.3. The molecule has 16 heavy (non-hydrogen) atoms. The monoisotopic (exact) mass is 250 g/mol. The molecule has 0 aromatic rings. The van der Waals surface area contributed by atoms with Gasteiger partial charge in [0, 0.05) is 0 Å². The van der Waals surface area contributed by atoms with Crippen molar-refractivity contribution in [3.8, 4) is 0 Å². The molecule has 0 saturated heterocycles. The first-order chi connectivity index (χ1) is 7.35. The molecule has 0 radical (unpaired) electrons. The van der Waals surface area contributed by atoms with Gasteiger partial charge in [-0.15, -0.1) is 0 Å². The highest BCUT2D eigenvalue weighted by molar-refractivity contribution is 7.92. The summed E-state index contributed by atoms with van der Waals surface area (Å²) in [4.78, 5) is 11.6. The number of sulfone groups is 1. The van der Waals surface area contributed by atoms with Crippen molar-refractivity contribution in [3.05, 3.63) is 0 Å². The standard InChI is InChI=1S/C11H22O4S/c1-5-7-10(11(12)15-6-2)16(13,14)8-9(3)4/h9-10H,5-8H2,1-4H3. The van der Waals surface area contributed by atoms with Crippen LogP contribution in [0.25, 0.3) is 0 Å². The summed E-state index contributed by atoms with van der Waals surface area (Å²) in [7, 11) is -3.38. The third-order valence-electron chi connectivity index (χ3n) is 2.10. The predicted octanol–water partition coefficient (Wildman–Crippen LogP) is 1.79. The van der Waals surface area contributed by atoms with Crippen LogP contribution in [0.15, 0.2) is 0 Å². The molecule has 96 valence electrons. The van der Waals surface area contributed by atoms with Gasteiger partial charge in [0.05, 0.1) is 12.4 Å². The lowest BCUT2D eigenvalue weighted by Crippen LogP contribution is -2.35. The molecule has 0 heterocycles. The summed E-state index contributed by atoms with van der Waals surface area (Å²) in [6.45, 7) is 7.40. The fourth-order valence-electron chi connectivity index (χ4n) is 1.52. The predicted molar refractivity (Wildman–Crippen MR) is 64.0 cm³/mol. The van der Waals surface area contributed by atoms with E-state index in [9.17, 15) is 13.2 Å². The lowest BCUT2D eigenvalue weighted by atomic mass is 10.2. The summed E-state index contributed by atoms with van der Waals surface area (Å²) < 4.78 is 28.7. The number of carbonyl (C=O) groups excluding carboxylic acids is 1. The molecule has 0 bridgehead atoms. The van der Waals surface area contributed by atoms with Crippen molar-refractivity contribution < 1.29 is 17.9 Å². The Kier molecular flexibility index (Phi) is 6.64. The van der Waals surface area contributed by atoms with Gasteiger partial charge in [0.15, 0.2) is 15.1 Å². The molecule has 0 aliphatic rings. The Labute approximate surface area is 98.3 Å². The van der Waals surface area contributed by atoms with E-state index in [0.717, 1.165) is 0 Å². The number of hydrogen-bond donors (Lipinski definition) is 0. The van der Waals surface area contributed by atoms with Gasteiger partial charge in [-0.1, -0.05) is 27.2 Å². The highest BCUT2D eigenvalue weighted by Crippen LogP contribution is 2.14. The van der Waals surface area contributed by atoms with Gasteiger partial charge in [-0.25, -0.2) is 8.42 Å². The van der Waals surface area contributed by atoms with Crippen molar-refractivity contribution in [2.24, 2.45) is 5.92 Å². The molecule has 1 atom stereocenters. The largest absolute Gasteiger partial charge is 0.465 e. The van der Waals surface area contributed by atoms with Crippen molar-refractivity contribution >= 4 is 15.8 Å². The Bertz CT molecular complexity index is 306. The molecule has 4 nitrogen and oxygen atoms in total. The van der Waals surface area contributed by atoms with E-state index < -0.39 is 21.1 Å². The molecule has 0 amide bonds. The fourth-order valence-corrected chi connectivity index (χ4v) is 3.64. The normalized spacial score (nSPS) is 13.8. The van der Waals surface area contributed by atoms with Crippen LogP contribution in [0.2, 0.25) is 0 Å². The van der Waals surface area contributed by atoms with Crippen LogP contribution in [0, 0.1) is 5.92 Å². The van der Waals surface area contributed by atoms with E-state index in [1.54, 1.807) is 6.92 Å². The van der Waals surface area contributed by atoms with Crippen LogP contribution in [0.1, 0.15) is 40.5 Å². The van der Waals surface area contributed by atoms with E-state index >= 15 is 0 Å². The van der Waals surface area contributed by atoms with E-state index in [1.165, 1.54) is 0 Å². The zero-order valence-electron chi connectivity index (χ0n) is 10.5. The summed E-state index contributed by atoms with van der Waals surface area (Å²) in [5.41, 5.74) is 0. The number of ether oxygens (including phenoxy) is 1. The molecular weight excluding hydrogens is 228 g/mol. The lowest BCUT2D eigenvalue weighted by molar-refractivity contribution is -0.142. The minimum Gasteiger partial charge on any atom is -0.465 e. The Hall–Kier alpha value is -0.580. The summed E-state index contributed by atoms with van der Waals surface area (Å²) in [6.07, 6.45) is 0.995. The van der Waals surface area contributed by atoms with Gasteiger partial charge >= 0.3 is 5.97 Å². The number of rotatable bonds is 7. The minimum atomic E-state index is -3.38. The molecule has 0 aliphatic heterocycles. The Morgan fingerprint density at radius 1 is 1.25 bits per heavy atom. The molecule has 0 saturated carbocycles. The SMILES string of the molecule is CCCC(C(=O)OCC)S(=O)(=O)CC(C)C. The van der Waals surface area contributed by atoms with Crippen molar-refractivity contribution in [1.82, 2.24) is 0 Å². The first-order valence-electron chi connectivity index (χ1n) is 5.73. The van der Waals surface area contributed by atoms with E-state index in [4.69, 9.17) is 4.74 Å². The van der Waals surface area contributed by atoms with Crippen molar-refractivity contribution in [1.29, 1.82) is 0 Å². The maximum absolute atomic E-state index is 11.9. The van der Waals surface area contributed by atoms with Crippen molar-refractivity contribution in [2.45, 2.75) is 45.8 Å². The molecule has 0 fully saturated rings. The Balaban J connectivity index is 4.82. The van der Waals surface area contributed by atoms with Crippen molar-refractivity contribution in [2.75, 3.05) is 12.4 Å². The molecule has 1 unspecified atom stereocenters. The van der Waals surface area contributed by atoms with Gasteiger partial charge in [0.2, 0.25) is 0 Å². The van der Waals surface area contributed by atoms with E-state index in [1.807, 2.05) is 20.8 Å². The van der Waals surface area contributed by atoms with Gasteiger partial charge in [-0.05, 0) is 19.3 Å². The maximum Gasteiger partial charge on any atom is 0.324 e. The second-order valence-corrected chi connectivity index (χ2v) is 6.48. The third kappa shape index (κ3) is 4.96. The average molecular weight is 250 g/mol. The van der Waals surface area contributed by atoms with Crippen LogP contribution >= 0.6 is 0 Å². The van der Waals surface area contributed by atoms with Crippen LogP contribution in [-0.4, -0.2) is 32.0 Å². The molecule has 0 N–H and O–H groups in total. The van der Waals surface area contributed by atoms with Crippen LogP contribution in [0.4, 0.5) is 0 Å². The van der Waals surface area contributed by atoms with Gasteiger partial charge in [-0.3, -0.25) is 4.79 Å². The van der Waals surface area contributed by atoms with Crippen LogP contribution in [-0.2, 0) is 19.4 Å². The van der Waals surface area contributed by atoms with Gasteiger partial charge in [-0.2, -0.15) is 0 Å². The quantitative estimate of drug-likeness (QED) is 0.646. The Morgan fingerprint density at radius 2 is 1.81 bits per heavy atom. The Morgan fingerprint density at radius 3 is 2.19 bits per heavy atom. The molecule has 5 heteroatoms. The first kappa shape index (κ1) is 15.4. The molecule has 0 aromatic heterocycles. The summed E-state index contributed by atoms with van der Waals surface area (Å²) in [6, 6.07) is 0. The molecule has 0 aliphatic carbocycles. The number of carbonyl (C=O) groups is 1. The van der Waals surface area contributed by atoms with Gasteiger partial charge in [0.1, 0.15) is 0 Å². The smallest absolute Gasteiger partial charge is 0.324 e. The first-order valence-corrected chi connectivity index (χ1v) is 7.44.